The van der Waals surface area contributed by atoms with Crippen LogP contribution in [0.15, 0.2) is 18.2 Å². The molecule has 0 saturated heterocycles. The van der Waals surface area contributed by atoms with Gasteiger partial charge in [0, 0.05) is 13.0 Å². The van der Waals surface area contributed by atoms with Crippen LogP contribution in [-0.2, 0) is 4.79 Å². The number of carbonyl (C=O) groups is 1. The van der Waals surface area contributed by atoms with Crippen LogP contribution in [0, 0.1) is 5.82 Å². The molecule has 0 spiro atoms. The fraction of sp³-hybridized carbons (Fsp3) is 0.125. The lowest BCUT2D eigenvalue weighted by Crippen LogP contribution is -2.02. The predicted molar refractivity (Wildman–Crippen MR) is 39.4 cm³/mol. The zero-order valence-corrected chi connectivity index (χ0v) is 6.37. The second-order valence-corrected chi connectivity index (χ2v) is 2.21. The van der Waals surface area contributed by atoms with E-state index in [1.807, 2.05) is 0 Å². The molecular formula is C8H7FO3. The van der Waals surface area contributed by atoms with Crippen molar-refractivity contribution in [3.8, 4) is 11.5 Å². The number of hydrogen-bond donors (Lipinski definition) is 1. The highest BCUT2D eigenvalue weighted by Crippen LogP contribution is 2.22. The summed E-state index contributed by atoms with van der Waals surface area (Å²) in [5, 5.41) is 8.89. The van der Waals surface area contributed by atoms with Crippen LogP contribution in [0.5, 0.6) is 11.5 Å². The number of ether oxygens (including phenoxy) is 1. The van der Waals surface area contributed by atoms with Crippen LogP contribution in [0.1, 0.15) is 6.92 Å². The number of phenolic OH excluding ortho intramolecular Hbond substituents is 1. The van der Waals surface area contributed by atoms with Gasteiger partial charge in [0.15, 0.2) is 11.6 Å². The van der Waals surface area contributed by atoms with Crippen LogP contribution in [0.3, 0.4) is 0 Å². The average Bonchev–Trinajstić information content (AvgIpc) is 1.96. The minimum absolute atomic E-state index is 0.146. The number of phenols is 1. The highest BCUT2D eigenvalue weighted by atomic mass is 19.1. The summed E-state index contributed by atoms with van der Waals surface area (Å²) in [6.45, 7) is 1.16. The Bertz CT molecular complexity index is 309. The molecule has 1 N–H and O–H groups in total. The highest BCUT2D eigenvalue weighted by Gasteiger charge is 2.05. The minimum Gasteiger partial charge on any atom is -0.508 e. The molecule has 0 aliphatic heterocycles. The van der Waals surface area contributed by atoms with E-state index >= 15 is 0 Å². The van der Waals surface area contributed by atoms with Crippen molar-refractivity contribution in [1.82, 2.24) is 0 Å². The molecule has 1 rings (SSSR count). The van der Waals surface area contributed by atoms with E-state index in [0.717, 1.165) is 19.1 Å². The Morgan fingerprint density at radius 3 is 2.83 bits per heavy atom. The molecule has 1 aromatic carbocycles. The smallest absolute Gasteiger partial charge is 0.308 e. The summed E-state index contributed by atoms with van der Waals surface area (Å²) in [7, 11) is 0. The van der Waals surface area contributed by atoms with Gasteiger partial charge in [0.1, 0.15) is 5.75 Å². The van der Waals surface area contributed by atoms with Gasteiger partial charge in [-0.2, -0.15) is 0 Å². The van der Waals surface area contributed by atoms with Crippen molar-refractivity contribution in [3.05, 3.63) is 24.0 Å². The molecule has 0 aromatic heterocycles. The van der Waals surface area contributed by atoms with Gasteiger partial charge < -0.3 is 9.84 Å². The summed E-state index contributed by atoms with van der Waals surface area (Å²) in [4.78, 5) is 10.4. The van der Waals surface area contributed by atoms with Crippen LogP contribution in [0.25, 0.3) is 0 Å². The summed E-state index contributed by atoms with van der Waals surface area (Å²) in [6, 6.07) is 3.23. The Labute approximate surface area is 68.4 Å². The number of carbonyl (C=O) groups excluding carboxylic acids is 1. The topological polar surface area (TPSA) is 46.5 Å². The number of aromatic hydroxyl groups is 1. The zero-order valence-electron chi connectivity index (χ0n) is 6.37. The van der Waals surface area contributed by atoms with E-state index in [0.29, 0.717) is 0 Å². The van der Waals surface area contributed by atoms with Crippen LogP contribution in [-0.4, -0.2) is 11.1 Å². The first-order valence-corrected chi connectivity index (χ1v) is 3.26. The lowest BCUT2D eigenvalue weighted by atomic mass is 10.3. The molecule has 0 bridgehead atoms. The molecule has 0 fully saturated rings. The third-order valence-corrected chi connectivity index (χ3v) is 1.17. The third kappa shape index (κ3) is 1.95. The summed E-state index contributed by atoms with van der Waals surface area (Å²) in [5.74, 6) is -1.71. The van der Waals surface area contributed by atoms with Crippen LogP contribution >= 0.6 is 0 Å². The van der Waals surface area contributed by atoms with Crippen molar-refractivity contribution in [1.29, 1.82) is 0 Å². The Hall–Kier alpha value is -1.58. The maximum Gasteiger partial charge on any atom is 0.308 e. The Morgan fingerprint density at radius 1 is 1.58 bits per heavy atom. The number of halogens is 1. The van der Waals surface area contributed by atoms with Gasteiger partial charge in [0.05, 0.1) is 0 Å². The van der Waals surface area contributed by atoms with Crippen molar-refractivity contribution in [2.45, 2.75) is 6.92 Å². The fourth-order valence-corrected chi connectivity index (χ4v) is 0.725. The standard InChI is InChI=1S/C8H7FO3/c1-5(10)12-8-4-6(11)2-3-7(8)9/h2-4,11H,1H3. The molecule has 0 radical (unpaired) electrons. The molecule has 0 saturated carbocycles. The molecule has 0 aliphatic rings. The molecular weight excluding hydrogens is 163 g/mol. The van der Waals surface area contributed by atoms with Crippen molar-refractivity contribution < 1.29 is 19.0 Å². The number of benzene rings is 1. The summed E-state index contributed by atoms with van der Waals surface area (Å²) in [6.07, 6.45) is 0. The largest absolute Gasteiger partial charge is 0.508 e. The Kier molecular flexibility index (Phi) is 2.28. The van der Waals surface area contributed by atoms with Crippen molar-refractivity contribution in [2.24, 2.45) is 0 Å². The first kappa shape index (κ1) is 8.52. The molecule has 1 aromatic rings. The lowest BCUT2D eigenvalue weighted by Gasteiger charge is -2.01. The van der Waals surface area contributed by atoms with Crippen molar-refractivity contribution in [2.75, 3.05) is 0 Å². The quantitative estimate of drug-likeness (QED) is 0.512. The van der Waals surface area contributed by atoms with E-state index in [-0.39, 0.29) is 11.5 Å². The minimum atomic E-state index is -0.678. The molecule has 12 heavy (non-hydrogen) atoms. The lowest BCUT2D eigenvalue weighted by molar-refractivity contribution is -0.132. The number of rotatable bonds is 1. The monoisotopic (exact) mass is 170 g/mol. The predicted octanol–water partition coefficient (Wildman–Crippen LogP) is 1.46. The van der Waals surface area contributed by atoms with E-state index < -0.39 is 11.8 Å². The van der Waals surface area contributed by atoms with Gasteiger partial charge in [-0.05, 0) is 12.1 Å². The van der Waals surface area contributed by atoms with Gasteiger partial charge in [0.2, 0.25) is 0 Å². The zero-order chi connectivity index (χ0) is 9.14. The molecule has 0 amide bonds. The fourth-order valence-electron chi connectivity index (χ4n) is 0.725. The van der Waals surface area contributed by atoms with E-state index in [4.69, 9.17) is 5.11 Å². The normalized spacial score (nSPS) is 9.50. The maximum absolute atomic E-state index is 12.7. The molecule has 64 valence electrons. The summed E-state index contributed by atoms with van der Waals surface area (Å²) in [5.41, 5.74) is 0. The van der Waals surface area contributed by atoms with Gasteiger partial charge in [0.25, 0.3) is 0 Å². The van der Waals surface area contributed by atoms with Crippen LogP contribution in [0.2, 0.25) is 0 Å². The molecule has 0 aliphatic carbocycles. The van der Waals surface area contributed by atoms with E-state index in [9.17, 15) is 9.18 Å². The van der Waals surface area contributed by atoms with Crippen molar-refractivity contribution >= 4 is 5.97 Å². The molecule has 0 unspecified atom stereocenters. The first-order valence-electron chi connectivity index (χ1n) is 3.26. The first-order chi connectivity index (χ1) is 5.59. The van der Waals surface area contributed by atoms with E-state index in [1.165, 1.54) is 6.07 Å². The second-order valence-electron chi connectivity index (χ2n) is 2.21. The molecule has 0 heterocycles. The number of esters is 1. The third-order valence-electron chi connectivity index (χ3n) is 1.17. The van der Waals surface area contributed by atoms with E-state index in [1.54, 1.807) is 0 Å². The van der Waals surface area contributed by atoms with Crippen LogP contribution in [0.4, 0.5) is 4.39 Å². The SMILES string of the molecule is CC(=O)Oc1cc(O)ccc1F. The second kappa shape index (κ2) is 3.21. The Balaban J connectivity index is 2.97. The number of hydrogen-bond acceptors (Lipinski definition) is 3. The van der Waals surface area contributed by atoms with Gasteiger partial charge in [-0.25, -0.2) is 4.39 Å². The van der Waals surface area contributed by atoms with Gasteiger partial charge >= 0.3 is 5.97 Å². The van der Waals surface area contributed by atoms with Crippen LogP contribution < -0.4 is 4.74 Å². The highest BCUT2D eigenvalue weighted by molar-refractivity contribution is 5.69. The molecule has 4 heteroatoms. The van der Waals surface area contributed by atoms with Gasteiger partial charge in [-0.3, -0.25) is 4.79 Å². The maximum atomic E-state index is 12.7. The summed E-state index contributed by atoms with van der Waals surface area (Å²) < 4.78 is 17.2. The molecule has 0 atom stereocenters. The Morgan fingerprint density at radius 2 is 2.25 bits per heavy atom. The van der Waals surface area contributed by atoms with E-state index in [2.05, 4.69) is 4.74 Å². The van der Waals surface area contributed by atoms with Gasteiger partial charge in [-0.15, -0.1) is 0 Å². The van der Waals surface area contributed by atoms with Crippen molar-refractivity contribution in [3.63, 3.8) is 0 Å². The van der Waals surface area contributed by atoms with Gasteiger partial charge in [-0.1, -0.05) is 0 Å². The summed E-state index contributed by atoms with van der Waals surface area (Å²) >= 11 is 0. The molecule has 3 nitrogen and oxygen atoms in total. The average molecular weight is 170 g/mol.